The highest BCUT2D eigenvalue weighted by atomic mass is 79.9. The second-order valence-electron chi connectivity index (χ2n) is 5.20. The van der Waals surface area contributed by atoms with Gasteiger partial charge in [0.25, 0.3) is 0 Å². The van der Waals surface area contributed by atoms with Crippen molar-refractivity contribution in [3.63, 3.8) is 0 Å². The van der Waals surface area contributed by atoms with E-state index in [1.54, 1.807) is 12.1 Å². The number of aliphatic carboxylic acids is 1. The maximum absolute atomic E-state index is 12.2. The summed E-state index contributed by atoms with van der Waals surface area (Å²) in [6.45, 7) is 1.89. The zero-order valence-electron chi connectivity index (χ0n) is 11.6. The molecule has 1 heterocycles. The Labute approximate surface area is 134 Å². The van der Waals surface area contributed by atoms with Crippen molar-refractivity contribution >= 4 is 21.9 Å². The van der Waals surface area contributed by atoms with Gasteiger partial charge in [-0.05, 0) is 59.6 Å². The number of benzene rings is 1. The SMILES string of the molecule is O=C(O)C1CCN(Cc2ccc(OC(F)(F)F)c(Br)c2)CC1. The zero-order valence-corrected chi connectivity index (χ0v) is 13.2. The maximum Gasteiger partial charge on any atom is 0.573 e. The largest absolute Gasteiger partial charge is 0.573 e. The van der Waals surface area contributed by atoms with Crippen LogP contribution < -0.4 is 4.74 Å². The number of ether oxygens (including phenoxy) is 1. The molecule has 0 aromatic heterocycles. The third-order valence-corrected chi connectivity index (χ3v) is 4.18. The first-order valence-electron chi connectivity index (χ1n) is 6.74. The molecule has 1 fully saturated rings. The predicted molar refractivity (Wildman–Crippen MR) is 76.5 cm³/mol. The topological polar surface area (TPSA) is 49.8 Å². The van der Waals surface area contributed by atoms with Crippen molar-refractivity contribution in [2.75, 3.05) is 13.1 Å². The highest BCUT2D eigenvalue weighted by Gasteiger charge is 2.32. The third-order valence-electron chi connectivity index (χ3n) is 3.56. The molecule has 1 saturated heterocycles. The van der Waals surface area contributed by atoms with E-state index in [0.717, 1.165) is 5.56 Å². The highest BCUT2D eigenvalue weighted by Crippen LogP contribution is 2.31. The van der Waals surface area contributed by atoms with Gasteiger partial charge in [0.1, 0.15) is 5.75 Å². The van der Waals surface area contributed by atoms with Crippen molar-refractivity contribution in [2.45, 2.75) is 25.7 Å². The molecule has 122 valence electrons. The Morgan fingerprint density at radius 1 is 1.36 bits per heavy atom. The standard InChI is InChI=1S/C14H15BrF3NO3/c15-11-7-9(1-2-12(11)22-14(16,17)18)8-19-5-3-10(4-6-19)13(20)21/h1-2,7,10H,3-6,8H2,(H,20,21). The van der Waals surface area contributed by atoms with Crippen LogP contribution in [0.4, 0.5) is 13.2 Å². The van der Waals surface area contributed by atoms with Gasteiger partial charge < -0.3 is 9.84 Å². The summed E-state index contributed by atoms with van der Waals surface area (Å²) >= 11 is 3.07. The summed E-state index contributed by atoms with van der Waals surface area (Å²) in [4.78, 5) is 13.0. The number of hydrogen-bond acceptors (Lipinski definition) is 3. The maximum atomic E-state index is 12.2. The molecule has 1 aromatic carbocycles. The van der Waals surface area contributed by atoms with Gasteiger partial charge in [-0.25, -0.2) is 0 Å². The quantitative estimate of drug-likeness (QED) is 0.864. The first kappa shape index (κ1) is 17.1. The van der Waals surface area contributed by atoms with E-state index in [4.69, 9.17) is 5.11 Å². The number of carboxylic acid groups (broad SMARTS) is 1. The molecule has 22 heavy (non-hydrogen) atoms. The molecule has 1 N–H and O–H groups in total. The van der Waals surface area contributed by atoms with Gasteiger partial charge in [-0.15, -0.1) is 13.2 Å². The predicted octanol–water partition coefficient (Wildman–Crippen LogP) is 3.64. The number of hydrogen-bond donors (Lipinski definition) is 1. The fourth-order valence-corrected chi connectivity index (χ4v) is 2.95. The summed E-state index contributed by atoms with van der Waals surface area (Å²) in [7, 11) is 0. The van der Waals surface area contributed by atoms with Crippen molar-refractivity contribution in [2.24, 2.45) is 5.92 Å². The van der Waals surface area contributed by atoms with Gasteiger partial charge in [0.15, 0.2) is 0 Å². The van der Waals surface area contributed by atoms with Crippen LogP contribution in [0.3, 0.4) is 0 Å². The normalized spacial score (nSPS) is 17.5. The number of rotatable bonds is 4. The lowest BCUT2D eigenvalue weighted by Crippen LogP contribution is -2.35. The number of likely N-dealkylation sites (tertiary alicyclic amines) is 1. The molecule has 0 atom stereocenters. The third kappa shape index (κ3) is 4.88. The van der Waals surface area contributed by atoms with Crippen LogP contribution in [0.25, 0.3) is 0 Å². The van der Waals surface area contributed by atoms with Gasteiger partial charge in [-0.3, -0.25) is 9.69 Å². The van der Waals surface area contributed by atoms with Crippen LogP contribution in [0.1, 0.15) is 18.4 Å². The Balaban J connectivity index is 1.94. The van der Waals surface area contributed by atoms with Crippen molar-refractivity contribution in [1.82, 2.24) is 4.90 Å². The van der Waals surface area contributed by atoms with E-state index >= 15 is 0 Å². The second kappa shape index (κ2) is 6.87. The molecule has 0 bridgehead atoms. The van der Waals surface area contributed by atoms with E-state index in [0.29, 0.717) is 32.5 Å². The number of piperidine rings is 1. The van der Waals surface area contributed by atoms with Gasteiger partial charge in [0.05, 0.1) is 10.4 Å². The smallest absolute Gasteiger partial charge is 0.481 e. The summed E-state index contributed by atoms with van der Waals surface area (Å²) in [5.41, 5.74) is 0.843. The average Bonchev–Trinajstić information content (AvgIpc) is 2.41. The molecule has 1 aliphatic rings. The molecule has 4 nitrogen and oxygen atoms in total. The summed E-state index contributed by atoms with van der Waals surface area (Å²) in [5.74, 6) is -1.34. The Hall–Kier alpha value is -1.28. The van der Waals surface area contributed by atoms with Crippen LogP contribution >= 0.6 is 15.9 Å². The van der Waals surface area contributed by atoms with E-state index in [1.165, 1.54) is 6.07 Å². The second-order valence-corrected chi connectivity index (χ2v) is 6.06. The average molecular weight is 382 g/mol. The number of nitrogens with zero attached hydrogens (tertiary/aromatic N) is 1. The Morgan fingerprint density at radius 2 is 2.00 bits per heavy atom. The molecule has 0 radical (unpaired) electrons. The summed E-state index contributed by atoms with van der Waals surface area (Å²) < 4.78 is 40.7. The molecule has 1 aromatic rings. The number of carbonyl (C=O) groups is 1. The van der Waals surface area contributed by atoms with Gasteiger partial charge >= 0.3 is 12.3 Å². The van der Waals surface area contributed by atoms with Crippen molar-refractivity contribution in [3.05, 3.63) is 28.2 Å². The molecule has 0 spiro atoms. The van der Waals surface area contributed by atoms with E-state index < -0.39 is 12.3 Å². The number of halogens is 4. The van der Waals surface area contributed by atoms with E-state index in [9.17, 15) is 18.0 Å². The molecule has 1 aliphatic heterocycles. The van der Waals surface area contributed by atoms with Crippen LogP contribution in [0.5, 0.6) is 5.75 Å². The minimum absolute atomic E-state index is 0.239. The van der Waals surface area contributed by atoms with Gasteiger partial charge in [0.2, 0.25) is 0 Å². The molecular formula is C14H15BrF3NO3. The van der Waals surface area contributed by atoms with Crippen LogP contribution in [0, 0.1) is 5.92 Å². The zero-order chi connectivity index (χ0) is 16.3. The lowest BCUT2D eigenvalue weighted by Gasteiger charge is -2.30. The summed E-state index contributed by atoms with van der Waals surface area (Å²) in [6, 6.07) is 4.44. The van der Waals surface area contributed by atoms with Crippen molar-refractivity contribution in [3.8, 4) is 5.75 Å². The van der Waals surface area contributed by atoms with Gasteiger partial charge in [-0.1, -0.05) is 6.07 Å². The Kier molecular flexibility index (Phi) is 5.33. The molecule has 0 aliphatic carbocycles. The Bertz CT molecular complexity index is 543. The van der Waals surface area contributed by atoms with Crippen LogP contribution in [-0.4, -0.2) is 35.4 Å². The van der Waals surface area contributed by atoms with Crippen LogP contribution in [0.2, 0.25) is 0 Å². The first-order valence-corrected chi connectivity index (χ1v) is 7.53. The first-order chi connectivity index (χ1) is 10.2. The lowest BCUT2D eigenvalue weighted by atomic mass is 9.97. The minimum atomic E-state index is -4.72. The molecule has 0 saturated carbocycles. The molecule has 0 unspecified atom stereocenters. The fraction of sp³-hybridized carbons (Fsp3) is 0.500. The van der Waals surface area contributed by atoms with Crippen LogP contribution in [0.15, 0.2) is 22.7 Å². The molecule has 0 amide bonds. The van der Waals surface area contributed by atoms with Gasteiger partial charge in [-0.2, -0.15) is 0 Å². The molecular weight excluding hydrogens is 367 g/mol. The minimum Gasteiger partial charge on any atom is -0.481 e. The Morgan fingerprint density at radius 3 is 2.50 bits per heavy atom. The fourth-order valence-electron chi connectivity index (χ4n) is 2.45. The van der Waals surface area contributed by atoms with Crippen LogP contribution in [-0.2, 0) is 11.3 Å². The van der Waals surface area contributed by atoms with Gasteiger partial charge in [0, 0.05) is 6.54 Å². The highest BCUT2D eigenvalue weighted by molar-refractivity contribution is 9.10. The van der Waals surface area contributed by atoms with Crippen molar-refractivity contribution < 1.29 is 27.8 Å². The van der Waals surface area contributed by atoms with E-state index in [2.05, 4.69) is 25.6 Å². The van der Waals surface area contributed by atoms with Crippen molar-refractivity contribution in [1.29, 1.82) is 0 Å². The lowest BCUT2D eigenvalue weighted by molar-refractivity contribution is -0.274. The van der Waals surface area contributed by atoms with E-state index in [1.807, 2.05) is 0 Å². The molecule has 8 heteroatoms. The molecule has 2 rings (SSSR count). The number of carboxylic acids is 1. The number of alkyl halides is 3. The summed E-state index contributed by atoms with van der Waals surface area (Å²) in [5, 5.41) is 8.94. The monoisotopic (exact) mass is 381 g/mol. The summed E-state index contributed by atoms with van der Waals surface area (Å²) in [6.07, 6.45) is -3.54. The van der Waals surface area contributed by atoms with E-state index in [-0.39, 0.29) is 16.1 Å².